The number of nitrogens with one attached hydrogen (secondary N) is 1. The number of benzene rings is 1. The summed E-state index contributed by atoms with van der Waals surface area (Å²) in [4.78, 5) is 22.1. The second-order valence-electron chi connectivity index (χ2n) is 5.27. The predicted octanol–water partition coefficient (Wildman–Crippen LogP) is 2.38. The minimum atomic E-state index is -0.844. The van der Waals surface area contributed by atoms with Gasteiger partial charge in [-0.1, -0.05) is 24.6 Å². The van der Waals surface area contributed by atoms with Crippen LogP contribution in [0.3, 0.4) is 0 Å². The molecule has 2 N–H and O–H groups in total. The van der Waals surface area contributed by atoms with Crippen molar-refractivity contribution in [3.63, 3.8) is 0 Å². The molecule has 5 heteroatoms. The first-order valence-electron chi connectivity index (χ1n) is 7.15. The first-order chi connectivity index (χ1) is 9.97. The van der Waals surface area contributed by atoms with Crippen LogP contribution in [0.25, 0.3) is 0 Å². The summed E-state index contributed by atoms with van der Waals surface area (Å²) < 4.78 is 5.53. The van der Waals surface area contributed by atoms with Crippen molar-refractivity contribution >= 4 is 11.9 Å². The molecular weight excluding hydrogens is 270 g/mol. The van der Waals surface area contributed by atoms with Crippen molar-refractivity contribution in [3.8, 4) is 5.75 Å². The molecule has 5 nitrogen and oxygen atoms in total. The Morgan fingerprint density at radius 3 is 2.57 bits per heavy atom. The Morgan fingerprint density at radius 1 is 1.29 bits per heavy atom. The fourth-order valence-corrected chi connectivity index (χ4v) is 1.80. The Hall–Kier alpha value is -2.04. The molecule has 1 unspecified atom stereocenters. The maximum Gasteiger partial charge on any atom is 0.303 e. The maximum atomic E-state index is 11.6. The van der Waals surface area contributed by atoms with Crippen LogP contribution in [0.1, 0.15) is 31.7 Å². The summed E-state index contributed by atoms with van der Waals surface area (Å²) in [5.74, 6) is -0.172. The highest BCUT2D eigenvalue weighted by atomic mass is 16.5. The number of carboxylic acid groups (broad SMARTS) is 1. The van der Waals surface area contributed by atoms with Gasteiger partial charge in [0.05, 0.1) is 6.61 Å². The average molecular weight is 293 g/mol. The van der Waals surface area contributed by atoms with Crippen molar-refractivity contribution in [1.82, 2.24) is 5.32 Å². The van der Waals surface area contributed by atoms with Gasteiger partial charge in [0.15, 0.2) is 0 Å². The van der Waals surface area contributed by atoms with Gasteiger partial charge in [-0.15, -0.1) is 0 Å². The molecule has 0 aliphatic rings. The van der Waals surface area contributed by atoms with E-state index in [-0.39, 0.29) is 18.2 Å². The van der Waals surface area contributed by atoms with Crippen molar-refractivity contribution in [2.24, 2.45) is 5.92 Å². The van der Waals surface area contributed by atoms with Crippen LogP contribution in [0.2, 0.25) is 0 Å². The molecule has 0 saturated carbocycles. The number of rotatable bonds is 9. The van der Waals surface area contributed by atoms with Gasteiger partial charge in [0.2, 0.25) is 5.91 Å². The van der Waals surface area contributed by atoms with Gasteiger partial charge in [-0.2, -0.15) is 0 Å². The molecule has 0 saturated heterocycles. The molecule has 116 valence electrons. The van der Waals surface area contributed by atoms with Gasteiger partial charge in [0, 0.05) is 19.4 Å². The van der Waals surface area contributed by atoms with E-state index in [0.29, 0.717) is 26.0 Å². The second-order valence-corrected chi connectivity index (χ2v) is 5.27. The second kappa shape index (κ2) is 9.00. The van der Waals surface area contributed by atoms with E-state index < -0.39 is 5.97 Å². The smallest absolute Gasteiger partial charge is 0.303 e. The topological polar surface area (TPSA) is 75.6 Å². The number of amides is 1. The molecule has 1 aromatic rings. The molecule has 0 bridgehead atoms. The Kier molecular flexibility index (Phi) is 7.29. The third-order valence-electron chi connectivity index (χ3n) is 3.01. The molecule has 1 atom stereocenters. The van der Waals surface area contributed by atoms with Crippen LogP contribution < -0.4 is 10.1 Å². The Morgan fingerprint density at radius 2 is 1.95 bits per heavy atom. The zero-order valence-corrected chi connectivity index (χ0v) is 12.6. The summed E-state index contributed by atoms with van der Waals surface area (Å²) in [5, 5.41) is 11.4. The molecule has 0 fully saturated rings. The summed E-state index contributed by atoms with van der Waals surface area (Å²) in [6.07, 6.45) is 1.08. The third-order valence-corrected chi connectivity index (χ3v) is 3.01. The van der Waals surface area contributed by atoms with E-state index in [9.17, 15) is 9.59 Å². The Bertz CT molecular complexity index is 456. The van der Waals surface area contributed by atoms with Crippen LogP contribution in [0.4, 0.5) is 0 Å². The van der Waals surface area contributed by atoms with Crippen molar-refractivity contribution in [3.05, 3.63) is 29.8 Å². The largest absolute Gasteiger partial charge is 0.494 e. The molecule has 1 amide bonds. The molecular formula is C16H23NO4. The van der Waals surface area contributed by atoms with Crippen LogP contribution in [0, 0.1) is 12.8 Å². The fourth-order valence-electron chi connectivity index (χ4n) is 1.80. The molecule has 0 aliphatic carbocycles. The lowest BCUT2D eigenvalue weighted by Gasteiger charge is -2.10. The SMILES string of the molecule is Cc1ccc(OCCCC(=O)NCC(C)CC(=O)O)cc1. The number of carbonyl (C=O) groups is 2. The third kappa shape index (κ3) is 7.97. The summed E-state index contributed by atoms with van der Waals surface area (Å²) in [5.41, 5.74) is 1.18. The number of carbonyl (C=O) groups excluding carboxylic acids is 1. The van der Waals surface area contributed by atoms with E-state index >= 15 is 0 Å². The molecule has 1 aromatic carbocycles. The predicted molar refractivity (Wildman–Crippen MR) is 80.3 cm³/mol. The van der Waals surface area contributed by atoms with Gasteiger partial charge in [0.1, 0.15) is 5.75 Å². The summed E-state index contributed by atoms with van der Waals surface area (Å²) in [6, 6.07) is 7.77. The fraction of sp³-hybridized carbons (Fsp3) is 0.500. The highest BCUT2D eigenvalue weighted by Gasteiger charge is 2.09. The summed E-state index contributed by atoms with van der Waals surface area (Å²) >= 11 is 0. The van der Waals surface area contributed by atoms with Gasteiger partial charge in [-0.3, -0.25) is 9.59 Å². The van der Waals surface area contributed by atoms with Crippen LogP contribution in [-0.4, -0.2) is 30.1 Å². The van der Waals surface area contributed by atoms with Crippen LogP contribution in [-0.2, 0) is 9.59 Å². The molecule has 0 radical (unpaired) electrons. The minimum Gasteiger partial charge on any atom is -0.494 e. The van der Waals surface area contributed by atoms with Crippen molar-refractivity contribution in [2.45, 2.75) is 33.1 Å². The average Bonchev–Trinajstić information content (AvgIpc) is 2.42. The monoisotopic (exact) mass is 293 g/mol. The number of ether oxygens (including phenoxy) is 1. The van der Waals surface area contributed by atoms with Crippen molar-refractivity contribution in [2.75, 3.05) is 13.2 Å². The summed E-state index contributed by atoms with van der Waals surface area (Å²) in [6.45, 7) is 4.69. The highest BCUT2D eigenvalue weighted by Crippen LogP contribution is 2.11. The summed E-state index contributed by atoms with van der Waals surface area (Å²) in [7, 11) is 0. The van der Waals surface area contributed by atoms with E-state index in [0.717, 1.165) is 5.75 Å². The molecule has 0 spiro atoms. The van der Waals surface area contributed by atoms with Gasteiger partial charge in [-0.25, -0.2) is 0 Å². The van der Waals surface area contributed by atoms with E-state index in [4.69, 9.17) is 9.84 Å². The number of carboxylic acids is 1. The quantitative estimate of drug-likeness (QED) is 0.685. The van der Waals surface area contributed by atoms with Crippen LogP contribution in [0.5, 0.6) is 5.75 Å². The van der Waals surface area contributed by atoms with E-state index in [1.165, 1.54) is 5.56 Å². The molecule has 0 aliphatic heterocycles. The van der Waals surface area contributed by atoms with Crippen molar-refractivity contribution in [1.29, 1.82) is 0 Å². The van der Waals surface area contributed by atoms with Crippen LogP contribution >= 0.6 is 0 Å². The lowest BCUT2D eigenvalue weighted by atomic mass is 10.1. The zero-order chi connectivity index (χ0) is 15.7. The Labute approximate surface area is 125 Å². The van der Waals surface area contributed by atoms with Gasteiger partial charge < -0.3 is 15.2 Å². The molecule has 0 heterocycles. The number of aliphatic carboxylic acids is 1. The van der Waals surface area contributed by atoms with Gasteiger partial charge in [-0.05, 0) is 31.4 Å². The van der Waals surface area contributed by atoms with Gasteiger partial charge in [0.25, 0.3) is 0 Å². The minimum absolute atomic E-state index is 0.0599. The molecule has 21 heavy (non-hydrogen) atoms. The molecule has 0 aromatic heterocycles. The highest BCUT2D eigenvalue weighted by molar-refractivity contribution is 5.75. The maximum absolute atomic E-state index is 11.6. The van der Waals surface area contributed by atoms with Crippen molar-refractivity contribution < 1.29 is 19.4 Å². The van der Waals surface area contributed by atoms with E-state index in [1.54, 1.807) is 6.92 Å². The number of aryl methyl sites for hydroxylation is 1. The van der Waals surface area contributed by atoms with E-state index in [1.807, 2.05) is 31.2 Å². The number of hydrogen-bond acceptors (Lipinski definition) is 3. The lowest BCUT2D eigenvalue weighted by molar-refractivity contribution is -0.138. The standard InChI is InChI=1S/C16H23NO4/c1-12-5-7-14(8-6-12)21-9-3-4-15(18)17-11-13(2)10-16(19)20/h5-8,13H,3-4,9-11H2,1-2H3,(H,17,18)(H,19,20). The molecule has 1 rings (SSSR count). The first kappa shape index (κ1) is 17.0. The van der Waals surface area contributed by atoms with Gasteiger partial charge >= 0.3 is 5.97 Å². The van der Waals surface area contributed by atoms with E-state index in [2.05, 4.69) is 5.32 Å². The zero-order valence-electron chi connectivity index (χ0n) is 12.6. The lowest BCUT2D eigenvalue weighted by Crippen LogP contribution is -2.29. The normalized spacial score (nSPS) is 11.7. The Balaban J connectivity index is 2.10. The first-order valence-corrected chi connectivity index (χ1v) is 7.15. The van der Waals surface area contributed by atoms with Crippen LogP contribution in [0.15, 0.2) is 24.3 Å². The number of hydrogen-bond donors (Lipinski definition) is 2.